The summed E-state index contributed by atoms with van der Waals surface area (Å²) < 4.78 is 0. The summed E-state index contributed by atoms with van der Waals surface area (Å²) in [7, 11) is 0. The van der Waals surface area contributed by atoms with Crippen molar-refractivity contribution >= 4 is 6.08 Å². The Labute approximate surface area is 84.3 Å². The van der Waals surface area contributed by atoms with Crippen molar-refractivity contribution in [3.63, 3.8) is 0 Å². The van der Waals surface area contributed by atoms with E-state index in [1.807, 2.05) is 6.92 Å². The molecule has 0 saturated carbocycles. The summed E-state index contributed by atoms with van der Waals surface area (Å²) in [5.74, 6) is 0. The van der Waals surface area contributed by atoms with Gasteiger partial charge in [-0.25, -0.2) is 10.2 Å². The Morgan fingerprint density at radius 3 is 2.43 bits per heavy atom. The van der Waals surface area contributed by atoms with Crippen LogP contribution in [-0.4, -0.2) is 12.2 Å². The third-order valence-electron chi connectivity index (χ3n) is 1.69. The average Bonchev–Trinajstić information content (AvgIpc) is 2.14. The summed E-state index contributed by atoms with van der Waals surface area (Å²) in [6.07, 6.45) is 6.53. The van der Waals surface area contributed by atoms with Gasteiger partial charge in [-0.05, 0) is 19.8 Å². The standard InChI is InChI=1S/C8H17NO2.CHNO/c1-3-4-5-6-7-8(2)11-9-10;2-1-3/h8H,3-7H2,1-2H3;2H. The molecule has 0 spiro atoms. The Morgan fingerprint density at radius 2 is 2.00 bits per heavy atom. The molecule has 0 fully saturated rings. The van der Waals surface area contributed by atoms with Gasteiger partial charge in [0.2, 0.25) is 6.08 Å². The Kier molecular flexibility index (Phi) is 15.6. The number of nitrogens with zero attached hydrogens (tertiary/aromatic N) is 1. The van der Waals surface area contributed by atoms with E-state index in [0.29, 0.717) is 0 Å². The highest BCUT2D eigenvalue weighted by molar-refractivity contribution is 5.26. The van der Waals surface area contributed by atoms with E-state index in [9.17, 15) is 4.91 Å². The van der Waals surface area contributed by atoms with Crippen LogP contribution in [0.3, 0.4) is 0 Å². The Balaban J connectivity index is 0. The first kappa shape index (κ1) is 15.3. The molecule has 0 bridgehead atoms. The van der Waals surface area contributed by atoms with Crippen LogP contribution in [0.5, 0.6) is 0 Å². The highest BCUT2D eigenvalue weighted by Crippen LogP contribution is 2.07. The van der Waals surface area contributed by atoms with Crippen LogP contribution in [0.4, 0.5) is 0 Å². The molecule has 82 valence electrons. The van der Waals surface area contributed by atoms with Crippen LogP contribution in [0.25, 0.3) is 0 Å². The number of unbranched alkanes of at least 4 members (excludes halogenated alkanes) is 3. The van der Waals surface area contributed by atoms with Gasteiger partial charge < -0.3 is 4.84 Å². The fraction of sp³-hybridized carbons (Fsp3) is 0.889. The molecule has 1 N–H and O–H groups in total. The topological polar surface area (TPSA) is 79.6 Å². The summed E-state index contributed by atoms with van der Waals surface area (Å²) >= 11 is 0. The van der Waals surface area contributed by atoms with Crippen molar-refractivity contribution in [1.82, 2.24) is 0 Å². The van der Waals surface area contributed by atoms with Gasteiger partial charge in [-0.2, -0.15) is 0 Å². The van der Waals surface area contributed by atoms with Crippen LogP contribution < -0.4 is 0 Å². The number of nitrogens with one attached hydrogen (secondary N) is 1. The maximum Gasteiger partial charge on any atom is 0.231 e. The van der Waals surface area contributed by atoms with Gasteiger partial charge in [-0.3, -0.25) is 0 Å². The summed E-state index contributed by atoms with van der Waals surface area (Å²) in [6.45, 7) is 4.04. The van der Waals surface area contributed by atoms with Crippen LogP contribution in [-0.2, 0) is 9.63 Å². The van der Waals surface area contributed by atoms with Crippen LogP contribution in [0, 0.1) is 10.3 Å². The molecule has 0 rings (SSSR count). The van der Waals surface area contributed by atoms with Crippen molar-refractivity contribution in [3.8, 4) is 0 Å². The van der Waals surface area contributed by atoms with Gasteiger partial charge in [0.25, 0.3) is 0 Å². The molecule has 0 amide bonds. The zero-order chi connectivity index (χ0) is 11.2. The van der Waals surface area contributed by atoms with E-state index in [4.69, 9.17) is 10.2 Å². The lowest BCUT2D eigenvalue weighted by molar-refractivity contribution is 0.0607. The lowest BCUT2D eigenvalue weighted by atomic mass is 10.1. The van der Waals surface area contributed by atoms with E-state index in [2.05, 4.69) is 17.1 Å². The molecule has 1 unspecified atom stereocenters. The zero-order valence-corrected chi connectivity index (χ0v) is 8.78. The smallest absolute Gasteiger partial charge is 0.231 e. The van der Waals surface area contributed by atoms with Crippen molar-refractivity contribution < 1.29 is 9.63 Å². The predicted octanol–water partition coefficient (Wildman–Crippen LogP) is 2.94. The molecule has 0 aromatic carbocycles. The average molecular weight is 202 g/mol. The molecule has 0 heterocycles. The third-order valence-corrected chi connectivity index (χ3v) is 1.69. The maximum absolute atomic E-state index is 9.63. The molecule has 0 radical (unpaired) electrons. The fourth-order valence-corrected chi connectivity index (χ4v) is 0.985. The van der Waals surface area contributed by atoms with E-state index in [-0.39, 0.29) is 6.10 Å². The van der Waals surface area contributed by atoms with E-state index < -0.39 is 0 Å². The van der Waals surface area contributed by atoms with E-state index in [1.54, 1.807) is 0 Å². The minimum absolute atomic E-state index is 0.00986. The minimum Gasteiger partial charge on any atom is -0.361 e. The van der Waals surface area contributed by atoms with Crippen LogP contribution in [0.15, 0.2) is 5.34 Å². The van der Waals surface area contributed by atoms with Gasteiger partial charge in [0, 0.05) is 0 Å². The second-order valence-corrected chi connectivity index (χ2v) is 2.94. The van der Waals surface area contributed by atoms with Crippen molar-refractivity contribution in [2.24, 2.45) is 5.34 Å². The number of hydrogen-bond donors (Lipinski definition) is 1. The van der Waals surface area contributed by atoms with Crippen molar-refractivity contribution in [1.29, 1.82) is 5.41 Å². The van der Waals surface area contributed by atoms with Gasteiger partial charge in [0.15, 0.2) is 5.34 Å². The highest BCUT2D eigenvalue weighted by atomic mass is 16.7. The largest absolute Gasteiger partial charge is 0.361 e. The van der Waals surface area contributed by atoms with Gasteiger partial charge in [0.05, 0.1) is 0 Å². The summed E-state index contributed by atoms with van der Waals surface area (Å²) in [5.41, 5.74) is 0. The van der Waals surface area contributed by atoms with Gasteiger partial charge in [-0.1, -0.05) is 26.2 Å². The molecule has 1 atom stereocenters. The van der Waals surface area contributed by atoms with Crippen molar-refractivity contribution in [2.45, 2.75) is 52.1 Å². The van der Waals surface area contributed by atoms with E-state index in [0.717, 1.165) is 18.9 Å². The molecular weight excluding hydrogens is 184 g/mol. The Bertz CT molecular complexity index is 156. The molecule has 5 heteroatoms. The molecule has 14 heavy (non-hydrogen) atoms. The molecular formula is C9H18N2O3. The number of carbonyl (C=O) groups excluding carboxylic acids is 1. The monoisotopic (exact) mass is 202 g/mol. The summed E-state index contributed by atoms with van der Waals surface area (Å²) in [4.78, 5) is 22.5. The first-order valence-electron chi connectivity index (χ1n) is 4.75. The highest BCUT2D eigenvalue weighted by Gasteiger charge is 2.00. The molecule has 0 aliphatic heterocycles. The molecule has 0 aromatic heterocycles. The summed E-state index contributed by atoms with van der Waals surface area (Å²) in [6, 6.07) is 0. The van der Waals surface area contributed by atoms with Crippen molar-refractivity contribution in [2.75, 3.05) is 0 Å². The normalized spacial score (nSPS) is 10.4. The summed E-state index contributed by atoms with van der Waals surface area (Å²) in [5, 5.41) is 7.79. The first-order chi connectivity index (χ1) is 6.72. The SMILES string of the molecule is CCCCCCC(C)ON=O.N=C=O. The Hall–Kier alpha value is -1.22. The second-order valence-electron chi connectivity index (χ2n) is 2.94. The van der Waals surface area contributed by atoms with Crippen LogP contribution in [0.2, 0.25) is 0 Å². The lowest BCUT2D eigenvalue weighted by Gasteiger charge is -2.05. The quantitative estimate of drug-likeness (QED) is 0.226. The Morgan fingerprint density at radius 1 is 1.43 bits per heavy atom. The van der Waals surface area contributed by atoms with Gasteiger partial charge in [0.1, 0.15) is 6.10 Å². The van der Waals surface area contributed by atoms with Crippen LogP contribution in [0.1, 0.15) is 46.0 Å². The maximum atomic E-state index is 9.63. The van der Waals surface area contributed by atoms with E-state index in [1.165, 1.54) is 19.3 Å². The molecule has 0 saturated heterocycles. The lowest BCUT2D eigenvalue weighted by Crippen LogP contribution is -2.02. The third kappa shape index (κ3) is 17.0. The molecule has 0 aromatic rings. The second kappa shape index (κ2) is 14.3. The number of rotatable bonds is 7. The van der Waals surface area contributed by atoms with Crippen LogP contribution >= 0.6 is 0 Å². The van der Waals surface area contributed by atoms with Gasteiger partial charge >= 0.3 is 0 Å². The predicted molar refractivity (Wildman–Crippen MR) is 53.5 cm³/mol. The fourth-order valence-electron chi connectivity index (χ4n) is 0.985. The van der Waals surface area contributed by atoms with Crippen molar-refractivity contribution in [3.05, 3.63) is 4.91 Å². The number of hydrogen-bond acceptors (Lipinski definition) is 5. The molecule has 0 aliphatic rings. The minimum atomic E-state index is -0.00986. The molecule has 5 nitrogen and oxygen atoms in total. The van der Waals surface area contributed by atoms with Gasteiger partial charge in [-0.15, -0.1) is 4.91 Å². The first-order valence-corrected chi connectivity index (χ1v) is 4.75. The zero-order valence-electron chi connectivity index (χ0n) is 8.78. The van der Waals surface area contributed by atoms with E-state index >= 15 is 0 Å². The molecule has 0 aliphatic carbocycles. The number of isocyanates is 1.